The lowest BCUT2D eigenvalue weighted by molar-refractivity contribution is 0.0950. The maximum absolute atomic E-state index is 12.6. The second-order valence-electron chi connectivity index (χ2n) is 9.17. The molecule has 8 nitrogen and oxygen atoms in total. The number of ether oxygens (including phenoxy) is 1. The first kappa shape index (κ1) is 20.7. The summed E-state index contributed by atoms with van der Waals surface area (Å²) in [4.78, 5) is 21.5. The second kappa shape index (κ2) is 8.44. The molecule has 2 aliphatic rings. The predicted octanol–water partition coefficient (Wildman–Crippen LogP) is 4.61. The number of amides is 1. The Morgan fingerprint density at radius 2 is 2.03 bits per heavy atom. The number of hydrogen-bond donors (Lipinski definition) is 2. The van der Waals surface area contributed by atoms with Gasteiger partial charge < -0.3 is 15.4 Å². The van der Waals surface area contributed by atoms with Crippen molar-refractivity contribution in [2.75, 3.05) is 11.9 Å². The summed E-state index contributed by atoms with van der Waals surface area (Å²) in [7, 11) is 0. The highest BCUT2D eigenvalue weighted by molar-refractivity contribution is 5.97. The molecule has 3 aromatic heterocycles. The van der Waals surface area contributed by atoms with Crippen LogP contribution in [0.15, 0.2) is 55.0 Å². The molecule has 172 valence electrons. The molecule has 0 saturated heterocycles. The minimum atomic E-state index is -0.0109. The van der Waals surface area contributed by atoms with Crippen molar-refractivity contribution in [1.82, 2.24) is 24.9 Å². The average Bonchev–Trinajstić information content (AvgIpc) is 3.77. The van der Waals surface area contributed by atoms with Crippen molar-refractivity contribution < 1.29 is 9.53 Å². The Bertz CT molecular complexity index is 1360. The monoisotopic (exact) mass is 454 g/mol. The number of aromatic nitrogens is 4. The molecular formula is C26H26N6O2. The fraction of sp³-hybridized carbons (Fsp3) is 0.308. The van der Waals surface area contributed by atoms with Crippen molar-refractivity contribution in [1.29, 1.82) is 0 Å². The van der Waals surface area contributed by atoms with Crippen LogP contribution in [0, 0.1) is 12.8 Å². The molecule has 8 heteroatoms. The lowest BCUT2D eigenvalue weighted by Gasteiger charge is -2.12. The van der Waals surface area contributed by atoms with Crippen LogP contribution < -0.4 is 15.4 Å². The quantitative estimate of drug-likeness (QED) is 0.404. The van der Waals surface area contributed by atoms with Crippen LogP contribution in [-0.4, -0.2) is 38.1 Å². The molecule has 0 spiro atoms. The van der Waals surface area contributed by atoms with E-state index in [9.17, 15) is 4.79 Å². The minimum absolute atomic E-state index is 0.0109. The Hall–Kier alpha value is -3.94. The summed E-state index contributed by atoms with van der Waals surface area (Å²) in [5.41, 5.74) is 4.14. The Balaban J connectivity index is 1.37. The lowest BCUT2D eigenvalue weighted by Crippen LogP contribution is -2.26. The van der Waals surface area contributed by atoms with Gasteiger partial charge in [0.05, 0.1) is 12.4 Å². The van der Waals surface area contributed by atoms with Gasteiger partial charge in [-0.1, -0.05) is 12.1 Å². The topological polar surface area (TPSA) is 93.4 Å². The molecule has 0 radical (unpaired) electrons. The van der Waals surface area contributed by atoms with E-state index in [-0.39, 0.29) is 5.91 Å². The van der Waals surface area contributed by atoms with Gasteiger partial charge in [0.2, 0.25) is 5.88 Å². The first-order valence-corrected chi connectivity index (χ1v) is 11.8. The number of fused-ring (bicyclic) bond motifs is 1. The molecule has 3 heterocycles. The Labute approximate surface area is 197 Å². The molecule has 6 rings (SSSR count). The summed E-state index contributed by atoms with van der Waals surface area (Å²) < 4.78 is 7.84. The fourth-order valence-electron chi connectivity index (χ4n) is 4.00. The van der Waals surface area contributed by atoms with Crippen molar-refractivity contribution in [3.8, 4) is 22.8 Å². The van der Waals surface area contributed by atoms with Crippen LogP contribution in [0.4, 0.5) is 5.82 Å². The average molecular weight is 455 g/mol. The van der Waals surface area contributed by atoms with Gasteiger partial charge in [0.25, 0.3) is 5.91 Å². The van der Waals surface area contributed by atoms with Gasteiger partial charge in [-0.3, -0.25) is 9.78 Å². The number of carbonyl (C=O) groups is 1. The molecule has 1 aromatic carbocycles. The van der Waals surface area contributed by atoms with Crippen LogP contribution in [0.2, 0.25) is 0 Å². The zero-order chi connectivity index (χ0) is 23.1. The molecular weight excluding hydrogens is 428 g/mol. The number of nitrogens with one attached hydrogen (secondary N) is 2. The van der Waals surface area contributed by atoms with E-state index in [0.29, 0.717) is 34.8 Å². The Morgan fingerprint density at radius 3 is 2.76 bits per heavy atom. The highest BCUT2D eigenvalue weighted by Gasteiger charge is 2.25. The summed E-state index contributed by atoms with van der Waals surface area (Å²) in [6.07, 6.45) is 9.83. The molecule has 0 atom stereocenters. The summed E-state index contributed by atoms with van der Waals surface area (Å²) >= 11 is 0. The predicted molar refractivity (Wildman–Crippen MR) is 129 cm³/mol. The van der Waals surface area contributed by atoms with Crippen LogP contribution in [-0.2, 0) is 0 Å². The maximum Gasteiger partial charge on any atom is 0.251 e. The number of benzene rings is 1. The van der Waals surface area contributed by atoms with E-state index in [4.69, 9.17) is 9.72 Å². The SMILES string of the molecule is Cc1cc(-c2cnn3c(NCC4CC4)cc(Oc4cccnc4)nc23)ccc1C(=O)NC1CC1. The zero-order valence-corrected chi connectivity index (χ0v) is 19.0. The van der Waals surface area contributed by atoms with E-state index in [1.54, 1.807) is 12.4 Å². The molecule has 2 N–H and O–H groups in total. The van der Waals surface area contributed by atoms with Gasteiger partial charge in [0.1, 0.15) is 11.6 Å². The molecule has 0 bridgehead atoms. The van der Waals surface area contributed by atoms with E-state index in [0.717, 1.165) is 41.9 Å². The standard InChI is InChI=1S/C26H26N6O2/c1-16-11-18(6-9-21(16)26(33)30-19-7-8-19)22-15-29-32-23(28-13-17-4-5-17)12-24(31-25(22)32)34-20-3-2-10-27-14-20/h2-3,6,9-12,14-15,17,19,28H,4-5,7-8,13H2,1H3,(H,30,33). The lowest BCUT2D eigenvalue weighted by atomic mass is 10.0. The van der Waals surface area contributed by atoms with E-state index in [2.05, 4.69) is 20.7 Å². The van der Waals surface area contributed by atoms with Gasteiger partial charge >= 0.3 is 0 Å². The Morgan fingerprint density at radius 1 is 1.15 bits per heavy atom. The smallest absolute Gasteiger partial charge is 0.251 e. The van der Waals surface area contributed by atoms with Gasteiger partial charge in [-0.25, -0.2) is 0 Å². The summed E-state index contributed by atoms with van der Waals surface area (Å²) in [6, 6.07) is 11.7. The summed E-state index contributed by atoms with van der Waals surface area (Å²) in [5, 5.41) is 11.2. The maximum atomic E-state index is 12.6. The first-order valence-electron chi connectivity index (χ1n) is 11.8. The first-order chi connectivity index (χ1) is 16.6. The normalized spacial score (nSPS) is 15.3. The van der Waals surface area contributed by atoms with Crippen molar-refractivity contribution in [2.45, 2.75) is 38.6 Å². The van der Waals surface area contributed by atoms with Gasteiger partial charge in [0.15, 0.2) is 5.65 Å². The summed E-state index contributed by atoms with van der Waals surface area (Å²) in [6.45, 7) is 2.86. The number of anilines is 1. The number of hydrogen-bond acceptors (Lipinski definition) is 6. The molecule has 0 unspecified atom stereocenters. The highest BCUT2D eigenvalue weighted by Crippen LogP contribution is 2.32. The number of carbonyl (C=O) groups excluding carboxylic acids is 1. The number of nitrogens with zero attached hydrogens (tertiary/aromatic N) is 4. The van der Waals surface area contributed by atoms with Crippen molar-refractivity contribution in [2.24, 2.45) is 5.92 Å². The van der Waals surface area contributed by atoms with Crippen molar-refractivity contribution >= 4 is 17.4 Å². The van der Waals surface area contributed by atoms with Crippen LogP contribution in [0.3, 0.4) is 0 Å². The third kappa shape index (κ3) is 4.31. The molecule has 34 heavy (non-hydrogen) atoms. The van der Waals surface area contributed by atoms with Gasteiger partial charge in [-0.2, -0.15) is 14.6 Å². The zero-order valence-electron chi connectivity index (χ0n) is 19.0. The number of aryl methyl sites for hydroxylation is 1. The number of pyridine rings is 1. The molecule has 0 aliphatic heterocycles. The van der Waals surface area contributed by atoms with E-state index in [1.807, 2.05) is 54.0 Å². The van der Waals surface area contributed by atoms with Crippen LogP contribution >= 0.6 is 0 Å². The van der Waals surface area contributed by atoms with Gasteiger partial charge in [-0.15, -0.1) is 0 Å². The van der Waals surface area contributed by atoms with Crippen LogP contribution in [0.25, 0.3) is 16.8 Å². The third-order valence-electron chi connectivity index (χ3n) is 6.27. The largest absolute Gasteiger partial charge is 0.437 e. The minimum Gasteiger partial charge on any atom is -0.437 e. The Kier molecular flexibility index (Phi) is 5.13. The van der Waals surface area contributed by atoms with Gasteiger partial charge in [0, 0.05) is 36.0 Å². The third-order valence-corrected chi connectivity index (χ3v) is 6.27. The fourth-order valence-corrected chi connectivity index (χ4v) is 4.00. The van der Waals surface area contributed by atoms with Crippen LogP contribution in [0.1, 0.15) is 41.6 Å². The van der Waals surface area contributed by atoms with E-state index >= 15 is 0 Å². The molecule has 2 aliphatic carbocycles. The van der Waals surface area contributed by atoms with E-state index < -0.39 is 0 Å². The molecule has 2 saturated carbocycles. The van der Waals surface area contributed by atoms with Crippen molar-refractivity contribution in [3.05, 3.63) is 66.1 Å². The highest BCUT2D eigenvalue weighted by atomic mass is 16.5. The number of rotatable bonds is 8. The van der Waals surface area contributed by atoms with E-state index in [1.165, 1.54) is 12.8 Å². The summed E-state index contributed by atoms with van der Waals surface area (Å²) in [5.74, 6) is 2.62. The molecule has 1 amide bonds. The second-order valence-corrected chi connectivity index (χ2v) is 9.17. The van der Waals surface area contributed by atoms with Gasteiger partial charge in [-0.05, 0) is 67.9 Å². The molecule has 4 aromatic rings. The van der Waals surface area contributed by atoms with Crippen molar-refractivity contribution in [3.63, 3.8) is 0 Å². The van der Waals surface area contributed by atoms with Crippen LogP contribution in [0.5, 0.6) is 11.6 Å². The molecule has 2 fully saturated rings.